The van der Waals surface area contributed by atoms with Crippen molar-refractivity contribution in [1.82, 2.24) is 4.48 Å². The lowest BCUT2D eigenvalue weighted by molar-refractivity contribution is -0.375. The fourth-order valence-electron chi connectivity index (χ4n) is 3.83. The Morgan fingerprint density at radius 2 is 0.658 bits per heavy atom. The van der Waals surface area contributed by atoms with E-state index in [1.807, 2.05) is 0 Å². The van der Waals surface area contributed by atoms with Gasteiger partial charge in [0.05, 0.1) is 0 Å². The van der Waals surface area contributed by atoms with Crippen molar-refractivity contribution < 1.29 is 39.5 Å². The van der Waals surface area contributed by atoms with E-state index in [0.717, 1.165) is 0 Å². The molecule has 10 heteroatoms. The number of rotatable bonds is 6. The molecule has 0 aliphatic carbocycles. The first-order chi connectivity index (χ1) is 17.9. The Hall–Kier alpha value is -3.79. The largest absolute Gasteiger partial charge is 0.460 e. The molecular formula is C28H21F9N+. The van der Waals surface area contributed by atoms with Crippen molar-refractivity contribution in [3.05, 3.63) is 121 Å². The van der Waals surface area contributed by atoms with Crippen LogP contribution in [-0.4, -0.2) is 24.4 Å². The number of quaternary nitrogens is 1. The van der Waals surface area contributed by atoms with E-state index in [1.54, 1.807) is 0 Å². The van der Waals surface area contributed by atoms with Gasteiger partial charge in [0, 0.05) is 48.5 Å². The van der Waals surface area contributed by atoms with Gasteiger partial charge >= 0.3 is 24.4 Å². The Morgan fingerprint density at radius 3 is 0.816 bits per heavy atom. The molecular weight excluding hydrogens is 521 g/mol. The third-order valence-electron chi connectivity index (χ3n) is 5.62. The normalized spacial score (nSPS) is 12.6. The minimum absolute atomic E-state index is 0.559. The van der Waals surface area contributed by atoms with E-state index in [9.17, 15) is 39.5 Å². The predicted molar refractivity (Wildman–Crippen MR) is 128 cm³/mol. The van der Waals surface area contributed by atoms with Crippen LogP contribution in [0.25, 0.3) is 0 Å². The van der Waals surface area contributed by atoms with Crippen molar-refractivity contribution in [3.63, 3.8) is 0 Å². The zero-order chi connectivity index (χ0) is 28.0. The molecule has 0 saturated carbocycles. The van der Waals surface area contributed by atoms with Gasteiger partial charge in [-0.3, -0.25) is 0 Å². The second kappa shape index (κ2) is 11.3. The van der Waals surface area contributed by atoms with Gasteiger partial charge in [-0.05, 0) is 0 Å². The summed E-state index contributed by atoms with van der Waals surface area (Å²) in [5.41, 5.74) is 4.86. The summed E-state index contributed by atoms with van der Waals surface area (Å²) in [4.78, 5) is 0. The number of halogens is 9. The van der Waals surface area contributed by atoms with Crippen molar-refractivity contribution in [2.45, 2.75) is 24.4 Å². The third kappa shape index (κ3) is 5.40. The van der Waals surface area contributed by atoms with Gasteiger partial charge in [0.1, 0.15) is 22.7 Å². The third-order valence-corrected chi connectivity index (χ3v) is 5.62. The van der Waals surface area contributed by atoms with Crippen LogP contribution in [0.4, 0.5) is 62.3 Å². The number of nitrogens with zero attached hydrogens (tertiary/aromatic N) is 1. The number of alkyl halides is 9. The van der Waals surface area contributed by atoms with Crippen LogP contribution in [0.3, 0.4) is 0 Å². The molecule has 0 heterocycles. The molecule has 0 radical (unpaired) electrons. The van der Waals surface area contributed by atoms with Gasteiger partial charge in [-0.2, -0.15) is 35.2 Å². The summed E-state index contributed by atoms with van der Waals surface area (Å²) < 4.78 is 103. The molecule has 0 saturated heterocycles. The smallest absolute Gasteiger partial charge is 0.203 e. The molecule has 4 rings (SSSR count). The fourth-order valence-corrected chi connectivity index (χ4v) is 3.83. The highest BCUT2D eigenvalue weighted by atomic mass is 19.4. The zero-order valence-corrected chi connectivity index (χ0v) is 19.5. The van der Waals surface area contributed by atoms with Gasteiger partial charge in [-0.25, -0.2) is 8.78 Å². The number of para-hydroxylation sites is 4. The van der Waals surface area contributed by atoms with Gasteiger partial charge in [0.15, 0.2) is 0 Å². The minimum Gasteiger partial charge on any atom is -0.203 e. The molecule has 0 fully saturated rings. The molecule has 0 aromatic heterocycles. The molecule has 0 N–H and O–H groups in total. The second-order valence-corrected chi connectivity index (χ2v) is 8.01. The van der Waals surface area contributed by atoms with E-state index in [1.165, 1.54) is 22.7 Å². The number of hydrogen-bond acceptors (Lipinski definition) is 0. The molecule has 200 valence electrons. The minimum atomic E-state index is -6.73. The lowest BCUT2D eigenvalue weighted by Crippen LogP contribution is -2.55. The van der Waals surface area contributed by atoms with Crippen molar-refractivity contribution in [2.24, 2.45) is 0 Å². The van der Waals surface area contributed by atoms with Crippen LogP contribution in [0.1, 0.15) is 0 Å². The first-order valence-corrected chi connectivity index (χ1v) is 11.1. The summed E-state index contributed by atoms with van der Waals surface area (Å²) in [7, 11) is 0. The van der Waals surface area contributed by atoms with Crippen LogP contribution in [0.5, 0.6) is 0 Å². The van der Waals surface area contributed by atoms with Crippen LogP contribution < -0.4 is 4.48 Å². The highest BCUT2D eigenvalue weighted by Gasteiger charge is 2.76. The van der Waals surface area contributed by atoms with Crippen LogP contribution >= 0.6 is 0 Å². The van der Waals surface area contributed by atoms with Gasteiger partial charge in [-0.15, -0.1) is 0 Å². The Balaban J connectivity index is 0.000000263. The molecule has 0 amide bonds. The van der Waals surface area contributed by atoms with Crippen molar-refractivity contribution in [1.29, 1.82) is 0 Å². The molecule has 0 atom stereocenters. The molecule has 0 aliphatic heterocycles. The van der Waals surface area contributed by atoms with E-state index in [-0.39, 0.29) is 0 Å². The van der Waals surface area contributed by atoms with Gasteiger partial charge in [-0.1, -0.05) is 72.8 Å². The van der Waals surface area contributed by atoms with Crippen LogP contribution in [0.2, 0.25) is 0 Å². The molecule has 0 spiro atoms. The zero-order valence-electron chi connectivity index (χ0n) is 19.5. The summed E-state index contributed by atoms with van der Waals surface area (Å²) in [6.45, 7) is 0. The van der Waals surface area contributed by atoms with E-state index < -0.39 is 24.4 Å². The summed E-state index contributed by atoms with van der Waals surface area (Å²) in [5.74, 6) is -13.1. The Labute approximate surface area is 213 Å². The monoisotopic (exact) mass is 542 g/mol. The fraction of sp³-hybridized carbons (Fsp3) is 0.143. The average molecular weight is 542 g/mol. The Kier molecular flexibility index (Phi) is 8.56. The SMILES string of the molecule is FC(F)C(F)(F)C(F)(F)C(F)(F)F.c1ccc([N+](c2ccccc2)(c2ccccc2)c2ccccc2)cc1. The van der Waals surface area contributed by atoms with E-state index >= 15 is 0 Å². The lowest BCUT2D eigenvalue weighted by atomic mass is 10.1. The van der Waals surface area contributed by atoms with Crippen LogP contribution in [0.15, 0.2) is 121 Å². The van der Waals surface area contributed by atoms with Crippen LogP contribution in [0, 0.1) is 0 Å². The summed E-state index contributed by atoms with van der Waals surface area (Å²) in [5, 5.41) is 0. The van der Waals surface area contributed by atoms with Gasteiger partial charge in [0.2, 0.25) is 0 Å². The maximum absolute atomic E-state index is 11.6. The molecule has 4 aromatic carbocycles. The standard InChI is InChI=1S/C24H20N.C4HF9/c1-5-13-21(14-6-1)25(22-15-7-2-8-16-22,23-17-9-3-10-18-23)24-19-11-4-12-20-24;5-1(6)2(7,8)3(9,10)4(11,12)13/h1-20H;1H/q+1;. The van der Waals surface area contributed by atoms with Crippen molar-refractivity contribution in [3.8, 4) is 0 Å². The quantitative estimate of drug-likeness (QED) is 0.168. The Morgan fingerprint density at radius 1 is 0.421 bits per heavy atom. The van der Waals surface area contributed by atoms with E-state index in [4.69, 9.17) is 0 Å². The van der Waals surface area contributed by atoms with Crippen LogP contribution in [-0.2, 0) is 0 Å². The van der Waals surface area contributed by atoms with Gasteiger partial charge in [0.25, 0.3) is 0 Å². The maximum atomic E-state index is 11.6. The molecule has 0 bridgehead atoms. The lowest BCUT2D eigenvalue weighted by Gasteiger charge is -2.37. The summed E-state index contributed by atoms with van der Waals surface area (Å²) in [6, 6.07) is 42.8. The Bertz CT molecular complexity index is 1100. The molecule has 1 nitrogen and oxygen atoms in total. The summed E-state index contributed by atoms with van der Waals surface area (Å²) in [6.07, 6.45) is -11.8. The predicted octanol–water partition coefficient (Wildman–Crippen LogP) is 10.1. The summed E-state index contributed by atoms with van der Waals surface area (Å²) >= 11 is 0. The average Bonchev–Trinajstić information content (AvgIpc) is 2.91. The number of hydrogen-bond donors (Lipinski definition) is 0. The van der Waals surface area contributed by atoms with E-state index in [0.29, 0.717) is 4.48 Å². The second-order valence-electron chi connectivity index (χ2n) is 8.01. The maximum Gasteiger partial charge on any atom is 0.460 e. The first kappa shape index (κ1) is 28.8. The van der Waals surface area contributed by atoms with Crippen molar-refractivity contribution >= 4 is 22.7 Å². The molecule has 38 heavy (non-hydrogen) atoms. The highest BCUT2D eigenvalue weighted by molar-refractivity contribution is 5.81. The first-order valence-electron chi connectivity index (χ1n) is 11.1. The van der Waals surface area contributed by atoms with E-state index in [2.05, 4.69) is 121 Å². The molecule has 0 unspecified atom stereocenters. The van der Waals surface area contributed by atoms with Gasteiger partial charge < -0.3 is 0 Å². The molecule has 4 aromatic rings. The highest BCUT2D eigenvalue weighted by Crippen LogP contribution is 2.51. The topological polar surface area (TPSA) is 0 Å². The van der Waals surface area contributed by atoms with Crippen molar-refractivity contribution in [2.75, 3.05) is 0 Å². The molecule has 0 aliphatic rings. The number of benzene rings is 4.